The van der Waals surface area contributed by atoms with Gasteiger partial charge in [0.1, 0.15) is 0 Å². The highest BCUT2D eigenvalue weighted by molar-refractivity contribution is 7.89. The molecule has 2 heterocycles. The molecule has 32 heavy (non-hydrogen) atoms. The molecule has 0 saturated carbocycles. The molecule has 0 bridgehead atoms. The first kappa shape index (κ1) is 22.6. The van der Waals surface area contributed by atoms with Crippen molar-refractivity contribution in [3.8, 4) is 0 Å². The lowest BCUT2D eigenvalue weighted by atomic mass is 9.96. The van der Waals surface area contributed by atoms with Gasteiger partial charge >= 0.3 is 0 Å². The van der Waals surface area contributed by atoms with Crippen LogP contribution < -0.4 is 4.72 Å². The molecule has 10 heteroatoms. The number of halogens is 1. The quantitative estimate of drug-likeness (QED) is 0.615. The Bertz CT molecular complexity index is 1140. The van der Waals surface area contributed by atoms with Crippen LogP contribution in [0.2, 0.25) is 5.02 Å². The number of rotatable bonds is 7. The molecule has 2 saturated heterocycles. The van der Waals surface area contributed by atoms with Gasteiger partial charge in [-0.1, -0.05) is 54.1 Å². The highest BCUT2D eigenvalue weighted by atomic mass is 35.5. The fraction of sp³-hybridized carbons (Fsp3) is 0.273. The molecule has 0 radical (unpaired) electrons. The van der Waals surface area contributed by atoms with E-state index in [-0.39, 0.29) is 23.9 Å². The van der Waals surface area contributed by atoms with Crippen LogP contribution in [-0.2, 0) is 24.4 Å². The van der Waals surface area contributed by atoms with Crippen molar-refractivity contribution in [3.63, 3.8) is 0 Å². The highest BCUT2D eigenvalue weighted by Crippen LogP contribution is 2.36. The Hall–Kier alpha value is -2.56. The molecular weight excluding hydrogens is 454 g/mol. The van der Waals surface area contributed by atoms with Gasteiger partial charge in [-0.15, -0.1) is 0 Å². The summed E-state index contributed by atoms with van der Waals surface area (Å²) in [7, 11) is -2.30. The number of benzene rings is 2. The van der Waals surface area contributed by atoms with Crippen LogP contribution in [-0.4, -0.2) is 62.5 Å². The number of likely N-dealkylation sites (N-methyl/N-ethyl adjacent to an activating group) is 1. The Morgan fingerprint density at radius 2 is 1.75 bits per heavy atom. The molecule has 4 rings (SSSR count). The summed E-state index contributed by atoms with van der Waals surface area (Å²) in [6.07, 6.45) is 2.76. The van der Waals surface area contributed by atoms with Gasteiger partial charge in [-0.2, -0.15) is 5.06 Å². The maximum Gasteiger partial charge on any atom is 0.261 e. The smallest absolute Gasteiger partial charge is 0.261 e. The third-order valence-corrected chi connectivity index (χ3v) is 7.23. The van der Waals surface area contributed by atoms with Crippen LogP contribution >= 0.6 is 11.6 Å². The second kappa shape index (κ2) is 9.13. The van der Waals surface area contributed by atoms with Gasteiger partial charge in [-0.25, -0.2) is 13.1 Å². The van der Waals surface area contributed by atoms with Gasteiger partial charge in [0.05, 0.1) is 16.9 Å². The number of imide groups is 1. The number of hydrogen-bond acceptors (Lipinski definition) is 6. The highest BCUT2D eigenvalue weighted by Gasteiger charge is 2.57. The van der Waals surface area contributed by atoms with Crippen molar-refractivity contribution in [2.75, 3.05) is 20.1 Å². The number of hydroxylamine groups is 2. The van der Waals surface area contributed by atoms with Crippen molar-refractivity contribution in [1.82, 2.24) is 14.7 Å². The van der Waals surface area contributed by atoms with Gasteiger partial charge in [0.2, 0.25) is 15.9 Å². The molecule has 0 spiro atoms. The molecule has 2 aromatic rings. The molecule has 2 aliphatic rings. The fourth-order valence-electron chi connectivity index (χ4n) is 3.82. The summed E-state index contributed by atoms with van der Waals surface area (Å²) in [6, 6.07) is 14.9. The fourth-order valence-corrected chi connectivity index (χ4v) is 4.96. The zero-order valence-corrected chi connectivity index (χ0v) is 18.8. The number of hydrogen-bond donors (Lipinski definition) is 1. The lowest BCUT2D eigenvalue weighted by molar-refractivity contribution is -0.173. The zero-order chi connectivity index (χ0) is 22.9. The second-order valence-corrected chi connectivity index (χ2v) is 9.74. The van der Waals surface area contributed by atoms with Crippen molar-refractivity contribution in [1.29, 1.82) is 0 Å². The minimum atomic E-state index is -3.74. The Balaban J connectivity index is 1.49. The summed E-state index contributed by atoms with van der Waals surface area (Å²) in [5.74, 6) is -1.39. The number of likely N-dealkylation sites (tertiary alicyclic amines) is 1. The van der Waals surface area contributed by atoms with Crippen molar-refractivity contribution >= 4 is 39.5 Å². The van der Waals surface area contributed by atoms with Gasteiger partial charge in [0.15, 0.2) is 6.10 Å². The molecule has 1 N–H and O–H groups in total. The van der Waals surface area contributed by atoms with Crippen LogP contribution in [0.25, 0.3) is 6.08 Å². The van der Waals surface area contributed by atoms with Crippen molar-refractivity contribution in [3.05, 3.63) is 71.3 Å². The summed E-state index contributed by atoms with van der Waals surface area (Å²) < 4.78 is 27.5. The molecule has 2 aromatic carbocycles. The van der Waals surface area contributed by atoms with Crippen molar-refractivity contribution in [2.24, 2.45) is 5.92 Å². The zero-order valence-electron chi connectivity index (χ0n) is 17.2. The van der Waals surface area contributed by atoms with Gasteiger partial charge in [-0.05, 0) is 29.8 Å². The second-order valence-electron chi connectivity index (χ2n) is 7.54. The van der Waals surface area contributed by atoms with Crippen molar-refractivity contribution in [2.45, 2.75) is 17.0 Å². The first-order chi connectivity index (χ1) is 15.3. The van der Waals surface area contributed by atoms with E-state index in [0.29, 0.717) is 5.02 Å². The number of nitrogens with one attached hydrogen (secondary N) is 1. The predicted octanol–water partition coefficient (Wildman–Crippen LogP) is 1.93. The molecule has 0 aromatic heterocycles. The molecule has 2 aliphatic heterocycles. The first-order valence-electron chi connectivity index (χ1n) is 10.0. The molecule has 8 nitrogen and oxygen atoms in total. The summed E-state index contributed by atoms with van der Waals surface area (Å²) in [5.41, 5.74) is 0.935. The number of sulfonamides is 1. The van der Waals surface area contributed by atoms with Gasteiger partial charge in [-0.3, -0.25) is 19.3 Å². The maximum absolute atomic E-state index is 12.7. The molecule has 168 valence electrons. The molecule has 2 amide bonds. The monoisotopic (exact) mass is 475 g/mol. The molecular formula is C22H22ClN3O5S. The Labute approximate surface area is 191 Å². The van der Waals surface area contributed by atoms with E-state index >= 15 is 0 Å². The first-order valence-corrected chi connectivity index (χ1v) is 11.9. The Morgan fingerprint density at radius 3 is 2.44 bits per heavy atom. The third kappa shape index (κ3) is 4.48. The van der Waals surface area contributed by atoms with E-state index in [1.54, 1.807) is 0 Å². The normalized spacial score (nSPS) is 23.9. The van der Waals surface area contributed by atoms with Gasteiger partial charge < -0.3 is 0 Å². The van der Waals surface area contributed by atoms with Crippen LogP contribution in [0.15, 0.2) is 65.6 Å². The number of carbonyl (C=O) groups excluding carboxylic acids is 2. The topological polar surface area (TPSA) is 96.0 Å². The Morgan fingerprint density at radius 1 is 1.06 bits per heavy atom. The van der Waals surface area contributed by atoms with Crippen LogP contribution in [0.1, 0.15) is 5.56 Å². The summed E-state index contributed by atoms with van der Waals surface area (Å²) in [4.78, 5) is 32.0. The van der Waals surface area contributed by atoms with Gasteiger partial charge in [0, 0.05) is 25.2 Å². The Kier molecular flexibility index (Phi) is 6.45. The largest absolute Gasteiger partial charge is 0.284 e. The van der Waals surface area contributed by atoms with E-state index in [4.69, 9.17) is 16.4 Å². The van der Waals surface area contributed by atoms with E-state index in [0.717, 1.165) is 10.5 Å². The summed E-state index contributed by atoms with van der Waals surface area (Å²) in [5, 5.41) is 1.94. The van der Waals surface area contributed by atoms with Gasteiger partial charge in [0.25, 0.3) is 5.91 Å². The summed E-state index contributed by atoms with van der Waals surface area (Å²) in [6.45, 7) is 0.173. The SMILES string of the molecule is CN1C(=O)[C@@H]2[C@@H](ON(CCNS(=O)(=O)c3ccc(Cl)cc3)[C@H]2/C=C/c2ccccc2)C1=O. The van der Waals surface area contributed by atoms with Crippen LogP contribution in [0.4, 0.5) is 0 Å². The molecule has 3 atom stereocenters. The molecule has 2 fully saturated rings. The van der Waals surface area contributed by atoms with Crippen molar-refractivity contribution < 1.29 is 22.8 Å². The van der Waals surface area contributed by atoms with E-state index < -0.39 is 34.0 Å². The average Bonchev–Trinajstić information content (AvgIpc) is 3.24. The lowest BCUT2D eigenvalue weighted by Crippen LogP contribution is -2.41. The minimum absolute atomic E-state index is 0.0261. The predicted molar refractivity (Wildman–Crippen MR) is 119 cm³/mol. The standard InChI is InChI=1S/C22H22ClN3O5S/c1-25-21(27)19-18(12-7-15-5-3-2-4-6-15)26(31-20(19)22(25)28)14-13-24-32(29,30)17-10-8-16(23)9-11-17/h2-12,18-20,24H,13-14H2,1H3/b12-7+/t18-,19-,20+/m0/s1. The van der Waals surface area contributed by atoms with E-state index in [1.165, 1.54) is 36.4 Å². The van der Waals surface area contributed by atoms with E-state index in [1.807, 2.05) is 42.5 Å². The third-order valence-electron chi connectivity index (χ3n) is 5.50. The number of amides is 2. The summed E-state index contributed by atoms with van der Waals surface area (Å²) >= 11 is 5.82. The van der Waals surface area contributed by atoms with E-state index in [2.05, 4.69) is 4.72 Å². The minimum Gasteiger partial charge on any atom is -0.284 e. The van der Waals surface area contributed by atoms with Crippen LogP contribution in [0, 0.1) is 5.92 Å². The molecule has 0 aliphatic carbocycles. The molecule has 0 unspecified atom stereocenters. The van der Waals surface area contributed by atoms with Crippen LogP contribution in [0.3, 0.4) is 0 Å². The number of carbonyl (C=O) groups is 2. The average molecular weight is 476 g/mol. The van der Waals surface area contributed by atoms with Crippen LogP contribution in [0.5, 0.6) is 0 Å². The van der Waals surface area contributed by atoms with E-state index in [9.17, 15) is 18.0 Å². The number of nitrogens with zero attached hydrogens (tertiary/aromatic N) is 2. The maximum atomic E-state index is 12.7. The number of fused-ring (bicyclic) bond motifs is 1. The lowest BCUT2D eigenvalue weighted by Gasteiger charge is -2.24.